The predicted molar refractivity (Wildman–Crippen MR) is 101 cm³/mol. The van der Waals surface area contributed by atoms with Crippen LogP contribution >= 0.6 is 0 Å². The summed E-state index contributed by atoms with van der Waals surface area (Å²) in [5.74, 6) is 1.49. The number of benzene rings is 2. The minimum Gasteiger partial charge on any atom is -0.496 e. The molecule has 0 saturated carbocycles. The third-order valence-corrected chi connectivity index (χ3v) is 4.17. The number of carbonyl (C=O) groups is 1. The lowest BCUT2D eigenvalue weighted by atomic mass is 10.1. The second kappa shape index (κ2) is 8.27. The van der Waals surface area contributed by atoms with E-state index in [0.717, 1.165) is 11.1 Å². The molecule has 0 unspecified atom stereocenters. The molecule has 0 bridgehead atoms. The standard InChI is InChI=1S/C20H21N3O4/c1-25-16-10-18(27-3)17(26-2)9-14(16)11-21-20(24)15-12-22-23-19(15)13-7-5-4-6-8-13/h4-10,12H,11H2,1-3H3,(H,21,24)(H,22,23). The highest BCUT2D eigenvalue weighted by molar-refractivity contribution is 5.99. The van der Waals surface area contributed by atoms with Crippen LogP contribution in [0.4, 0.5) is 0 Å². The third-order valence-electron chi connectivity index (χ3n) is 4.17. The van der Waals surface area contributed by atoms with Crippen molar-refractivity contribution in [2.45, 2.75) is 6.54 Å². The Hall–Kier alpha value is -3.48. The number of hydrogen-bond donors (Lipinski definition) is 2. The van der Waals surface area contributed by atoms with E-state index in [1.54, 1.807) is 33.5 Å². The lowest BCUT2D eigenvalue weighted by Gasteiger charge is -2.14. The topological polar surface area (TPSA) is 85.5 Å². The zero-order valence-electron chi connectivity index (χ0n) is 15.4. The maximum absolute atomic E-state index is 12.7. The summed E-state index contributed by atoms with van der Waals surface area (Å²) in [4.78, 5) is 12.7. The van der Waals surface area contributed by atoms with Crippen LogP contribution in [0.1, 0.15) is 15.9 Å². The van der Waals surface area contributed by atoms with Crippen molar-refractivity contribution < 1.29 is 19.0 Å². The molecule has 1 heterocycles. The number of amides is 1. The van der Waals surface area contributed by atoms with Crippen LogP contribution in [0.3, 0.4) is 0 Å². The molecule has 0 radical (unpaired) electrons. The molecule has 2 aromatic carbocycles. The molecule has 3 aromatic rings. The van der Waals surface area contributed by atoms with Crippen molar-refractivity contribution in [3.05, 3.63) is 59.8 Å². The van der Waals surface area contributed by atoms with Crippen molar-refractivity contribution in [1.82, 2.24) is 15.5 Å². The molecule has 1 aromatic heterocycles. The fraction of sp³-hybridized carbons (Fsp3) is 0.200. The van der Waals surface area contributed by atoms with E-state index in [1.807, 2.05) is 30.3 Å². The molecule has 0 aliphatic rings. The van der Waals surface area contributed by atoms with Crippen LogP contribution in [0.2, 0.25) is 0 Å². The fourth-order valence-corrected chi connectivity index (χ4v) is 2.78. The normalized spacial score (nSPS) is 10.3. The van der Waals surface area contributed by atoms with Gasteiger partial charge in [0.15, 0.2) is 11.5 Å². The first-order chi connectivity index (χ1) is 13.2. The smallest absolute Gasteiger partial charge is 0.255 e. The second-order valence-electron chi connectivity index (χ2n) is 5.73. The van der Waals surface area contributed by atoms with Gasteiger partial charge in [0.25, 0.3) is 5.91 Å². The summed E-state index contributed by atoms with van der Waals surface area (Å²) in [5, 5.41) is 9.80. The van der Waals surface area contributed by atoms with Crippen LogP contribution in [-0.4, -0.2) is 37.4 Å². The quantitative estimate of drug-likeness (QED) is 0.670. The van der Waals surface area contributed by atoms with Gasteiger partial charge < -0.3 is 19.5 Å². The molecular formula is C20H21N3O4. The molecular weight excluding hydrogens is 346 g/mol. The highest BCUT2D eigenvalue weighted by Crippen LogP contribution is 2.34. The molecule has 2 N–H and O–H groups in total. The van der Waals surface area contributed by atoms with Gasteiger partial charge in [-0.05, 0) is 6.07 Å². The zero-order valence-corrected chi connectivity index (χ0v) is 15.4. The van der Waals surface area contributed by atoms with Gasteiger partial charge in [0, 0.05) is 23.7 Å². The Morgan fingerprint density at radius 1 is 1.00 bits per heavy atom. The zero-order chi connectivity index (χ0) is 19.2. The largest absolute Gasteiger partial charge is 0.496 e. The average molecular weight is 367 g/mol. The summed E-state index contributed by atoms with van der Waals surface area (Å²) in [5.41, 5.74) is 2.81. The Morgan fingerprint density at radius 2 is 1.67 bits per heavy atom. The number of aromatic amines is 1. The van der Waals surface area contributed by atoms with E-state index < -0.39 is 0 Å². The minimum absolute atomic E-state index is 0.237. The molecule has 7 heteroatoms. The van der Waals surface area contributed by atoms with Gasteiger partial charge in [-0.3, -0.25) is 9.89 Å². The molecule has 0 spiro atoms. The van der Waals surface area contributed by atoms with E-state index in [2.05, 4.69) is 15.5 Å². The molecule has 0 saturated heterocycles. The number of nitrogens with one attached hydrogen (secondary N) is 2. The Kier molecular flexibility index (Phi) is 5.61. The molecule has 140 valence electrons. The summed E-state index contributed by atoms with van der Waals surface area (Å²) in [6, 6.07) is 13.1. The molecule has 0 atom stereocenters. The Morgan fingerprint density at radius 3 is 2.33 bits per heavy atom. The van der Waals surface area contributed by atoms with Gasteiger partial charge >= 0.3 is 0 Å². The fourth-order valence-electron chi connectivity index (χ4n) is 2.78. The number of methoxy groups -OCH3 is 3. The molecule has 0 aliphatic heterocycles. The van der Waals surface area contributed by atoms with E-state index >= 15 is 0 Å². The lowest BCUT2D eigenvalue weighted by Crippen LogP contribution is -2.23. The van der Waals surface area contributed by atoms with E-state index in [-0.39, 0.29) is 12.5 Å². The second-order valence-corrected chi connectivity index (χ2v) is 5.73. The Labute approximate surface area is 157 Å². The first kappa shape index (κ1) is 18.3. The number of hydrogen-bond acceptors (Lipinski definition) is 5. The van der Waals surface area contributed by atoms with Crippen molar-refractivity contribution >= 4 is 5.91 Å². The van der Waals surface area contributed by atoms with E-state index in [9.17, 15) is 4.79 Å². The van der Waals surface area contributed by atoms with Crippen LogP contribution in [0.5, 0.6) is 17.2 Å². The van der Waals surface area contributed by atoms with Crippen molar-refractivity contribution in [3.63, 3.8) is 0 Å². The SMILES string of the molecule is COc1cc(OC)c(OC)cc1CNC(=O)c1cn[nH]c1-c1ccccc1. The molecule has 1 amide bonds. The summed E-state index contributed by atoms with van der Waals surface area (Å²) in [6.07, 6.45) is 1.52. The highest BCUT2D eigenvalue weighted by atomic mass is 16.5. The number of H-pyrrole nitrogens is 1. The Balaban J connectivity index is 1.80. The van der Waals surface area contributed by atoms with Crippen LogP contribution in [-0.2, 0) is 6.54 Å². The summed E-state index contributed by atoms with van der Waals surface area (Å²) < 4.78 is 16.0. The van der Waals surface area contributed by atoms with Gasteiger partial charge in [0.1, 0.15) is 5.75 Å². The van der Waals surface area contributed by atoms with Crippen molar-refractivity contribution in [2.24, 2.45) is 0 Å². The maximum atomic E-state index is 12.7. The monoisotopic (exact) mass is 367 g/mol. The molecule has 3 rings (SSSR count). The van der Waals surface area contributed by atoms with Gasteiger partial charge in [-0.15, -0.1) is 0 Å². The van der Waals surface area contributed by atoms with Gasteiger partial charge in [0.05, 0.1) is 38.8 Å². The van der Waals surface area contributed by atoms with Crippen LogP contribution in [0.15, 0.2) is 48.7 Å². The molecule has 7 nitrogen and oxygen atoms in total. The van der Waals surface area contributed by atoms with Gasteiger partial charge in [0.2, 0.25) is 0 Å². The van der Waals surface area contributed by atoms with Crippen molar-refractivity contribution in [2.75, 3.05) is 21.3 Å². The number of rotatable bonds is 7. The Bertz CT molecular complexity index is 922. The summed E-state index contributed by atoms with van der Waals surface area (Å²) >= 11 is 0. The molecule has 27 heavy (non-hydrogen) atoms. The number of carbonyl (C=O) groups excluding carboxylic acids is 1. The van der Waals surface area contributed by atoms with Crippen LogP contribution < -0.4 is 19.5 Å². The predicted octanol–water partition coefficient (Wildman–Crippen LogP) is 3.03. The van der Waals surface area contributed by atoms with Crippen molar-refractivity contribution in [3.8, 4) is 28.5 Å². The maximum Gasteiger partial charge on any atom is 0.255 e. The summed E-state index contributed by atoms with van der Waals surface area (Å²) in [6.45, 7) is 0.266. The highest BCUT2D eigenvalue weighted by Gasteiger charge is 2.17. The van der Waals surface area contributed by atoms with Gasteiger partial charge in [-0.2, -0.15) is 5.10 Å². The number of nitrogens with zero attached hydrogens (tertiary/aromatic N) is 1. The van der Waals surface area contributed by atoms with Crippen LogP contribution in [0, 0.1) is 0 Å². The van der Waals surface area contributed by atoms with E-state index in [0.29, 0.717) is 28.5 Å². The summed E-state index contributed by atoms with van der Waals surface area (Å²) in [7, 11) is 4.68. The van der Waals surface area contributed by atoms with E-state index in [4.69, 9.17) is 14.2 Å². The number of ether oxygens (including phenoxy) is 3. The first-order valence-corrected chi connectivity index (χ1v) is 8.33. The van der Waals surface area contributed by atoms with Crippen molar-refractivity contribution in [1.29, 1.82) is 0 Å². The van der Waals surface area contributed by atoms with E-state index in [1.165, 1.54) is 6.20 Å². The average Bonchev–Trinajstić information content (AvgIpc) is 3.22. The van der Waals surface area contributed by atoms with Crippen LogP contribution in [0.25, 0.3) is 11.3 Å². The first-order valence-electron chi connectivity index (χ1n) is 8.33. The molecule has 0 fully saturated rings. The third kappa shape index (κ3) is 3.87. The number of aromatic nitrogens is 2. The molecule has 0 aliphatic carbocycles. The van der Waals surface area contributed by atoms with Gasteiger partial charge in [-0.25, -0.2) is 0 Å². The van der Waals surface area contributed by atoms with Gasteiger partial charge in [-0.1, -0.05) is 30.3 Å². The lowest BCUT2D eigenvalue weighted by molar-refractivity contribution is 0.0951. The minimum atomic E-state index is -0.237.